The third-order valence-corrected chi connectivity index (χ3v) is 4.29. The number of benzene rings is 2. The molecule has 0 atom stereocenters. The minimum absolute atomic E-state index is 0.153. The van der Waals surface area contributed by atoms with Crippen molar-refractivity contribution in [2.75, 3.05) is 38.2 Å². The first kappa shape index (κ1) is 17.0. The van der Waals surface area contributed by atoms with Gasteiger partial charge in [-0.3, -0.25) is 4.79 Å². The summed E-state index contributed by atoms with van der Waals surface area (Å²) in [5, 5.41) is 0. The molecule has 0 radical (unpaired) electrons. The Balaban J connectivity index is 1.62. The summed E-state index contributed by atoms with van der Waals surface area (Å²) < 4.78 is 18.0. The van der Waals surface area contributed by atoms with Crippen molar-refractivity contribution in [3.8, 4) is 0 Å². The first-order valence-corrected chi connectivity index (χ1v) is 8.06. The highest BCUT2D eigenvalue weighted by atomic mass is 19.1. The Kier molecular flexibility index (Phi) is 4.97. The molecule has 2 aromatic carbocycles. The third-order valence-electron chi connectivity index (χ3n) is 4.29. The number of carbonyl (C=O) groups excluding carboxylic acids is 2. The molecule has 0 unspecified atom stereocenters. The van der Waals surface area contributed by atoms with Crippen molar-refractivity contribution in [1.82, 2.24) is 4.90 Å². The summed E-state index contributed by atoms with van der Waals surface area (Å²) in [5.74, 6) is -0.924. The lowest BCUT2D eigenvalue weighted by Crippen LogP contribution is -2.48. The Bertz CT molecular complexity index is 768. The first-order chi connectivity index (χ1) is 12.1. The van der Waals surface area contributed by atoms with Crippen molar-refractivity contribution in [3.63, 3.8) is 0 Å². The molecule has 1 heterocycles. The van der Waals surface area contributed by atoms with Crippen LogP contribution in [0.2, 0.25) is 0 Å². The van der Waals surface area contributed by atoms with Gasteiger partial charge in [-0.15, -0.1) is 0 Å². The van der Waals surface area contributed by atoms with Gasteiger partial charge in [-0.05, 0) is 42.5 Å². The summed E-state index contributed by atoms with van der Waals surface area (Å²) in [6.07, 6.45) is 0. The molecule has 0 saturated carbocycles. The molecule has 1 fully saturated rings. The minimum atomic E-state index is -0.407. The van der Waals surface area contributed by atoms with Gasteiger partial charge >= 0.3 is 5.97 Å². The van der Waals surface area contributed by atoms with E-state index in [1.807, 2.05) is 12.1 Å². The highest BCUT2D eigenvalue weighted by Crippen LogP contribution is 2.19. The zero-order chi connectivity index (χ0) is 17.8. The molecule has 5 nitrogen and oxygen atoms in total. The Morgan fingerprint density at radius 1 is 0.960 bits per heavy atom. The van der Waals surface area contributed by atoms with E-state index < -0.39 is 5.82 Å². The van der Waals surface area contributed by atoms with Crippen LogP contribution >= 0.6 is 0 Å². The van der Waals surface area contributed by atoms with Crippen LogP contribution in [0.25, 0.3) is 0 Å². The second-order valence-corrected chi connectivity index (χ2v) is 5.83. The Morgan fingerprint density at radius 2 is 1.64 bits per heavy atom. The van der Waals surface area contributed by atoms with Gasteiger partial charge in [-0.25, -0.2) is 9.18 Å². The van der Waals surface area contributed by atoms with E-state index in [2.05, 4.69) is 9.64 Å². The quantitative estimate of drug-likeness (QED) is 0.805. The lowest BCUT2D eigenvalue weighted by molar-refractivity contribution is 0.0600. The van der Waals surface area contributed by atoms with Gasteiger partial charge in [0.05, 0.1) is 12.7 Å². The summed E-state index contributed by atoms with van der Waals surface area (Å²) in [7, 11) is 1.35. The fraction of sp³-hybridized carbons (Fsp3) is 0.263. The van der Waals surface area contributed by atoms with Crippen LogP contribution in [0.15, 0.2) is 48.5 Å². The van der Waals surface area contributed by atoms with E-state index in [0.717, 1.165) is 5.69 Å². The zero-order valence-corrected chi connectivity index (χ0v) is 13.9. The average Bonchev–Trinajstić information content (AvgIpc) is 2.67. The summed E-state index contributed by atoms with van der Waals surface area (Å²) in [4.78, 5) is 27.8. The molecule has 1 amide bonds. The fourth-order valence-electron chi connectivity index (χ4n) is 2.90. The van der Waals surface area contributed by atoms with E-state index >= 15 is 0 Å². The molecule has 1 aliphatic heterocycles. The second kappa shape index (κ2) is 7.34. The molecule has 130 valence electrons. The van der Waals surface area contributed by atoms with Gasteiger partial charge in [0.15, 0.2) is 0 Å². The Morgan fingerprint density at radius 3 is 2.24 bits per heavy atom. The monoisotopic (exact) mass is 342 g/mol. The third kappa shape index (κ3) is 3.79. The maximum absolute atomic E-state index is 13.3. The predicted octanol–water partition coefficient (Wildman–Crippen LogP) is 2.57. The summed E-state index contributed by atoms with van der Waals surface area (Å²) >= 11 is 0. The van der Waals surface area contributed by atoms with Crippen molar-refractivity contribution in [3.05, 3.63) is 65.5 Å². The number of rotatable bonds is 3. The number of anilines is 1. The van der Waals surface area contributed by atoms with Gasteiger partial charge in [0.2, 0.25) is 0 Å². The molecule has 0 N–H and O–H groups in total. The number of carbonyl (C=O) groups is 2. The molecule has 0 spiro atoms. The number of nitrogens with zero attached hydrogens (tertiary/aromatic N) is 2. The molecule has 25 heavy (non-hydrogen) atoms. The predicted molar refractivity (Wildman–Crippen MR) is 92.3 cm³/mol. The van der Waals surface area contributed by atoms with Crippen molar-refractivity contribution in [2.24, 2.45) is 0 Å². The molecule has 0 aromatic heterocycles. The van der Waals surface area contributed by atoms with Crippen LogP contribution in [-0.2, 0) is 4.74 Å². The number of ether oxygens (including phenoxy) is 1. The topological polar surface area (TPSA) is 49.9 Å². The standard InChI is InChI=1S/C19H19FN2O3/c1-25-19(24)14-5-7-17(8-6-14)21-9-11-22(12-10-21)18(23)15-3-2-4-16(20)13-15/h2-8,13H,9-12H2,1H3. The summed E-state index contributed by atoms with van der Waals surface area (Å²) in [6, 6.07) is 13.0. The number of hydrogen-bond acceptors (Lipinski definition) is 4. The van der Waals surface area contributed by atoms with E-state index in [9.17, 15) is 14.0 Å². The van der Waals surface area contributed by atoms with Gasteiger partial charge in [-0.2, -0.15) is 0 Å². The van der Waals surface area contributed by atoms with Crippen LogP contribution in [0.4, 0.5) is 10.1 Å². The van der Waals surface area contributed by atoms with Gasteiger partial charge in [0, 0.05) is 37.4 Å². The van der Waals surface area contributed by atoms with Crippen LogP contribution in [0.1, 0.15) is 20.7 Å². The SMILES string of the molecule is COC(=O)c1ccc(N2CCN(C(=O)c3cccc(F)c3)CC2)cc1. The molecular formula is C19H19FN2O3. The highest BCUT2D eigenvalue weighted by Gasteiger charge is 2.22. The van der Waals surface area contributed by atoms with E-state index in [4.69, 9.17) is 0 Å². The molecule has 0 bridgehead atoms. The normalized spacial score (nSPS) is 14.3. The summed E-state index contributed by atoms with van der Waals surface area (Å²) in [5.41, 5.74) is 1.87. The number of piperazine rings is 1. The average molecular weight is 342 g/mol. The van der Waals surface area contributed by atoms with Gasteiger partial charge in [0.1, 0.15) is 5.82 Å². The Labute approximate surface area is 145 Å². The molecule has 1 saturated heterocycles. The summed E-state index contributed by atoms with van der Waals surface area (Å²) in [6.45, 7) is 2.49. The molecule has 3 rings (SSSR count). The van der Waals surface area contributed by atoms with Crippen LogP contribution in [0, 0.1) is 5.82 Å². The largest absolute Gasteiger partial charge is 0.465 e. The van der Waals surface area contributed by atoms with Crippen molar-refractivity contribution in [2.45, 2.75) is 0 Å². The molecular weight excluding hydrogens is 323 g/mol. The van der Waals surface area contributed by atoms with Crippen molar-refractivity contribution >= 4 is 17.6 Å². The number of esters is 1. The van der Waals surface area contributed by atoms with Crippen LogP contribution in [0.5, 0.6) is 0 Å². The number of amides is 1. The van der Waals surface area contributed by atoms with E-state index in [1.54, 1.807) is 29.2 Å². The van der Waals surface area contributed by atoms with Gasteiger partial charge in [0.25, 0.3) is 5.91 Å². The lowest BCUT2D eigenvalue weighted by atomic mass is 10.1. The number of halogens is 1. The van der Waals surface area contributed by atoms with Crippen molar-refractivity contribution < 1.29 is 18.7 Å². The minimum Gasteiger partial charge on any atom is -0.465 e. The van der Waals surface area contributed by atoms with Crippen LogP contribution in [0.3, 0.4) is 0 Å². The molecule has 0 aliphatic carbocycles. The molecule has 2 aromatic rings. The van der Waals surface area contributed by atoms with Gasteiger partial charge in [-0.1, -0.05) is 6.07 Å². The lowest BCUT2D eigenvalue weighted by Gasteiger charge is -2.36. The van der Waals surface area contributed by atoms with E-state index in [0.29, 0.717) is 37.3 Å². The number of hydrogen-bond donors (Lipinski definition) is 0. The molecule has 6 heteroatoms. The maximum Gasteiger partial charge on any atom is 0.337 e. The van der Waals surface area contributed by atoms with Crippen molar-refractivity contribution in [1.29, 1.82) is 0 Å². The van der Waals surface area contributed by atoms with Crippen LogP contribution in [-0.4, -0.2) is 50.1 Å². The molecule has 1 aliphatic rings. The zero-order valence-electron chi connectivity index (χ0n) is 13.9. The van der Waals surface area contributed by atoms with E-state index in [1.165, 1.54) is 19.2 Å². The smallest absolute Gasteiger partial charge is 0.337 e. The maximum atomic E-state index is 13.3. The number of methoxy groups -OCH3 is 1. The first-order valence-electron chi connectivity index (χ1n) is 8.06. The highest BCUT2D eigenvalue weighted by molar-refractivity contribution is 5.94. The fourth-order valence-corrected chi connectivity index (χ4v) is 2.90. The second-order valence-electron chi connectivity index (χ2n) is 5.83. The van der Waals surface area contributed by atoms with Gasteiger partial charge < -0.3 is 14.5 Å². The van der Waals surface area contributed by atoms with E-state index in [-0.39, 0.29) is 11.9 Å². The Hall–Kier alpha value is -2.89. The van der Waals surface area contributed by atoms with Crippen LogP contribution < -0.4 is 4.90 Å².